The zero-order chi connectivity index (χ0) is 15.2. The van der Waals surface area contributed by atoms with E-state index in [2.05, 4.69) is 0 Å². The van der Waals surface area contributed by atoms with Crippen LogP contribution < -0.4 is 0 Å². The molecular weight excluding hydrogens is 260 g/mol. The van der Waals surface area contributed by atoms with E-state index in [9.17, 15) is 19.8 Å². The third-order valence-electron chi connectivity index (χ3n) is 3.70. The summed E-state index contributed by atoms with van der Waals surface area (Å²) < 4.78 is 4.93. The lowest BCUT2D eigenvalue weighted by Crippen LogP contribution is -2.53. The maximum atomic E-state index is 11.0. The minimum atomic E-state index is -1.30. The monoisotopic (exact) mass is 279 g/mol. The molecule has 5 nitrogen and oxygen atoms in total. The van der Waals surface area contributed by atoms with E-state index in [4.69, 9.17) is 4.74 Å². The fraction of sp³-hybridized carbons (Fsp3) is 0.467. The first-order valence-corrected chi connectivity index (χ1v) is 6.27. The van der Waals surface area contributed by atoms with Crippen LogP contribution in [-0.4, -0.2) is 48.2 Å². The molecule has 109 valence electrons. The van der Waals surface area contributed by atoms with Crippen LogP contribution in [0.15, 0.2) is 30.3 Å². The van der Waals surface area contributed by atoms with Crippen molar-refractivity contribution in [2.24, 2.45) is 0 Å². The van der Waals surface area contributed by atoms with Crippen LogP contribution in [0.25, 0.3) is 0 Å². The third kappa shape index (κ3) is 3.12. The predicted octanol–water partition coefficient (Wildman–Crippen LogP) is 0.380. The molecule has 5 heteroatoms. The minimum Gasteiger partial charge on any atom is -0.392 e. The van der Waals surface area contributed by atoms with Crippen molar-refractivity contribution in [3.63, 3.8) is 0 Å². The number of hydrogen-bond donors (Lipinski definition) is 2. The van der Waals surface area contributed by atoms with E-state index in [1.807, 2.05) is 0 Å². The number of carbonyl (C=O) groups excluding carboxylic acids is 2. The molecule has 2 N–H and O–H groups in total. The molecule has 1 radical (unpaired) electrons. The molecule has 1 aromatic carbocycles. The van der Waals surface area contributed by atoms with Gasteiger partial charge in [0.2, 0.25) is 6.29 Å². The van der Waals surface area contributed by atoms with Crippen molar-refractivity contribution in [1.29, 1.82) is 0 Å². The summed E-state index contributed by atoms with van der Waals surface area (Å²) in [4.78, 5) is 21.5. The van der Waals surface area contributed by atoms with Crippen LogP contribution in [0.5, 0.6) is 0 Å². The smallest absolute Gasteiger partial charge is 0.201 e. The number of carbonyl (C=O) groups is 1. The van der Waals surface area contributed by atoms with Gasteiger partial charge in [0.25, 0.3) is 0 Å². The second-order valence-electron chi connectivity index (χ2n) is 4.79. The van der Waals surface area contributed by atoms with Gasteiger partial charge in [-0.2, -0.15) is 0 Å². The van der Waals surface area contributed by atoms with Crippen LogP contribution >= 0.6 is 0 Å². The fourth-order valence-electron chi connectivity index (χ4n) is 2.25. The Bertz CT molecular complexity index is 433. The maximum absolute atomic E-state index is 11.0. The molecule has 0 saturated carbocycles. The standard InChI is InChI=1S/C15H19O5/c1-15(13(18)8-9-16,11-6-4-3-5-7-11)14(19)12(10-17)20-2/h3-7,10,12-14,18-19H,8H2,1-2H3. The highest BCUT2D eigenvalue weighted by atomic mass is 16.5. The number of aliphatic hydroxyl groups is 2. The second-order valence-corrected chi connectivity index (χ2v) is 4.79. The van der Waals surface area contributed by atoms with Crippen LogP contribution in [0.1, 0.15) is 18.9 Å². The Morgan fingerprint density at radius 2 is 1.95 bits per heavy atom. The highest BCUT2D eigenvalue weighted by molar-refractivity contribution is 5.58. The number of benzene rings is 1. The van der Waals surface area contributed by atoms with Crippen molar-refractivity contribution in [1.82, 2.24) is 0 Å². The molecule has 0 spiro atoms. The summed E-state index contributed by atoms with van der Waals surface area (Å²) in [6, 6.07) is 8.73. The van der Waals surface area contributed by atoms with Gasteiger partial charge in [0.05, 0.1) is 12.2 Å². The zero-order valence-corrected chi connectivity index (χ0v) is 11.5. The SMILES string of the molecule is COC(C=O)C(O)C(C)(c1ccccc1)C(O)C[C]=O. The largest absolute Gasteiger partial charge is 0.392 e. The van der Waals surface area contributed by atoms with Gasteiger partial charge in [0, 0.05) is 18.9 Å². The molecule has 1 aromatic rings. The molecule has 0 aliphatic heterocycles. The van der Waals surface area contributed by atoms with Gasteiger partial charge in [-0.05, 0) is 5.56 Å². The van der Waals surface area contributed by atoms with Gasteiger partial charge in [0.1, 0.15) is 6.10 Å². The van der Waals surface area contributed by atoms with Gasteiger partial charge in [-0.15, -0.1) is 0 Å². The Balaban J connectivity index is 3.26. The Labute approximate surface area is 118 Å². The molecule has 0 aromatic heterocycles. The number of ether oxygens (including phenoxy) is 1. The summed E-state index contributed by atoms with van der Waals surface area (Å²) in [6.45, 7) is 1.59. The van der Waals surface area contributed by atoms with Crippen molar-refractivity contribution in [2.75, 3.05) is 7.11 Å². The average molecular weight is 279 g/mol. The van der Waals surface area contributed by atoms with E-state index in [1.165, 1.54) is 7.11 Å². The summed E-state index contributed by atoms with van der Waals surface area (Å²) >= 11 is 0. The Kier molecular flexibility index (Phi) is 6.01. The third-order valence-corrected chi connectivity index (χ3v) is 3.70. The quantitative estimate of drug-likeness (QED) is 0.672. The van der Waals surface area contributed by atoms with Crippen LogP contribution in [0.2, 0.25) is 0 Å². The van der Waals surface area contributed by atoms with E-state index in [-0.39, 0.29) is 6.42 Å². The molecule has 0 heterocycles. The number of rotatable bonds is 8. The van der Waals surface area contributed by atoms with E-state index >= 15 is 0 Å². The fourth-order valence-corrected chi connectivity index (χ4v) is 2.25. The number of aldehydes is 1. The Hall–Kier alpha value is -1.56. The lowest BCUT2D eigenvalue weighted by atomic mass is 9.70. The first-order valence-electron chi connectivity index (χ1n) is 6.27. The van der Waals surface area contributed by atoms with E-state index < -0.39 is 23.7 Å². The minimum absolute atomic E-state index is 0.266. The van der Waals surface area contributed by atoms with Gasteiger partial charge >= 0.3 is 0 Å². The van der Waals surface area contributed by atoms with Crippen molar-refractivity contribution in [2.45, 2.75) is 37.1 Å². The molecule has 0 bridgehead atoms. The molecule has 4 atom stereocenters. The highest BCUT2D eigenvalue weighted by Crippen LogP contribution is 2.34. The molecular formula is C15H19O5. The van der Waals surface area contributed by atoms with Crippen LogP contribution in [0, 0.1) is 0 Å². The summed E-state index contributed by atoms with van der Waals surface area (Å²) in [5, 5.41) is 20.7. The van der Waals surface area contributed by atoms with Gasteiger partial charge in [-0.3, -0.25) is 4.79 Å². The van der Waals surface area contributed by atoms with Crippen molar-refractivity contribution in [3.8, 4) is 0 Å². The lowest BCUT2D eigenvalue weighted by molar-refractivity contribution is -0.130. The summed E-state index contributed by atoms with van der Waals surface area (Å²) in [5.41, 5.74) is -0.612. The van der Waals surface area contributed by atoms with Crippen LogP contribution in [0.3, 0.4) is 0 Å². The Morgan fingerprint density at radius 1 is 1.35 bits per heavy atom. The molecule has 4 unspecified atom stereocenters. The van der Waals surface area contributed by atoms with E-state index in [0.717, 1.165) is 0 Å². The van der Waals surface area contributed by atoms with Gasteiger partial charge < -0.3 is 19.7 Å². The molecule has 0 fully saturated rings. The van der Waals surface area contributed by atoms with E-state index in [0.29, 0.717) is 11.8 Å². The van der Waals surface area contributed by atoms with Crippen molar-refractivity contribution in [3.05, 3.63) is 35.9 Å². The zero-order valence-electron chi connectivity index (χ0n) is 11.5. The molecule has 0 aliphatic rings. The molecule has 20 heavy (non-hydrogen) atoms. The average Bonchev–Trinajstić information content (AvgIpc) is 2.48. The number of aliphatic hydroxyl groups excluding tert-OH is 2. The summed E-state index contributed by atoms with van der Waals surface area (Å²) in [7, 11) is 1.30. The van der Waals surface area contributed by atoms with Gasteiger partial charge in [0.15, 0.2) is 6.29 Å². The number of hydrogen-bond acceptors (Lipinski definition) is 5. The molecule has 0 saturated heterocycles. The van der Waals surface area contributed by atoms with Gasteiger partial charge in [-0.1, -0.05) is 37.3 Å². The molecule has 1 rings (SSSR count). The molecule has 0 aliphatic carbocycles. The normalized spacial score (nSPS) is 18.6. The first-order chi connectivity index (χ1) is 9.52. The lowest BCUT2D eigenvalue weighted by Gasteiger charge is -2.40. The van der Waals surface area contributed by atoms with Gasteiger partial charge in [-0.25, -0.2) is 0 Å². The topological polar surface area (TPSA) is 83.8 Å². The van der Waals surface area contributed by atoms with E-state index in [1.54, 1.807) is 43.5 Å². The maximum Gasteiger partial charge on any atom is 0.201 e. The van der Waals surface area contributed by atoms with Crippen molar-refractivity contribution < 1.29 is 24.5 Å². The highest BCUT2D eigenvalue weighted by Gasteiger charge is 2.45. The number of methoxy groups -OCH3 is 1. The Morgan fingerprint density at radius 3 is 2.40 bits per heavy atom. The predicted molar refractivity (Wildman–Crippen MR) is 73.0 cm³/mol. The van der Waals surface area contributed by atoms with Crippen LogP contribution in [-0.2, 0) is 19.7 Å². The summed E-state index contributed by atoms with van der Waals surface area (Å²) in [6.07, 6.45) is -1.73. The second kappa shape index (κ2) is 7.28. The van der Waals surface area contributed by atoms with Crippen LogP contribution in [0.4, 0.5) is 0 Å². The first kappa shape index (κ1) is 16.5. The van der Waals surface area contributed by atoms with Crippen molar-refractivity contribution >= 4 is 12.6 Å². The molecule has 0 amide bonds. The summed E-state index contributed by atoms with van der Waals surface area (Å²) in [5.74, 6) is 0.